The molecule has 0 radical (unpaired) electrons. The minimum Gasteiger partial charge on any atom is -0.378 e. The lowest BCUT2D eigenvalue weighted by molar-refractivity contribution is -0.118. The lowest BCUT2D eigenvalue weighted by atomic mass is 9.94. The molecular weight excluding hydrogens is 247 g/mol. The van der Waals surface area contributed by atoms with Crippen LogP contribution in [0, 0.1) is 5.82 Å². The number of fused-ring (bicyclic) bond motifs is 1. The maximum Gasteiger partial charge on any atom is 0.219 e. The molecule has 1 amide bonds. The molecule has 1 aromatic carbocycles. The molecule has 0 aromatic heterocycles. The minimum absolute atomic E-state index is 0.00670. The van der Waals surface area contributed by atoms with E-state index in [2.05, 4.69) is 5.32 Å². The molecule has 6 heteroatoms. The predicted octanol–water partition coefficient (Wildman–Crippen LogP) is 1.72. The Kier molecular flexibility index (Phi) is 3.02. The van der Waals surface area contributed by atoms with Gasteiger partial charge in [0.15, 0.2) is 5.78 Å². The number of hydrogen-bond donors (Lipinski definition) is 2. The summed E-state index contributed by atoms with van der Waals surface area (Å²) in [6.45, 7) is 0. The lowest BCUT2D eigenvalue weighted by Gasteiger charge is -2.25. The van der Waals surface area contributed by atoms with Crippen molar-refractivity contribution in [2.45, 2.75) is 18.9 Å². The molecule has 0 bridgehead atoms. The fraction of sp³-hybridized carbons (Fsp3) is 0.273. The van der Waals surface area contributed by atoms with Crippen LogP contribution in [0.1, 0.15) is 23.2 Å². The normalized spacial score (nSPS) is 18.5. The zero-order valence-corrected chi connectivity index (χ0v) is 9.55. The highest BCUT2D eigenvalue weighted by molar-refractivity contribution is 6.31. The summed E-state index contributed by atoms with van der Waals surface area (Å²) < 4.78 is 13.6. The monoisotopic (exact) mass is 256 g/mol. The van der Waals surface area contributed by atoms with Crippen LogP contribution >= 0.6 is 11.6 Å². The van der Waals surface area contributed by atoms with Crippen molar-refractivity contribution < 1.29 is 14.0 Å². The first-order valence-electron chi connectivity index (χ1n) is 5.04. The number of hydrogen-bond acceptors (Lipinski definition) is 3. The van der Waals surface area contributed by atoms with Crippen molar-refractivity contribution in [2.24, 2.45) is 5.73 Å². The van der Waals surface area contributed by atoms with Crippen molar-refractivity contribution in [1.29, 1.82) is 0 Å². The summed E-state index contributed by atoms with van der Waals surface area (Å²) in [5, 5.41) is 2.97. The van der Waals surface area contributed by atoms with E-state index >= 15 is 0 Å². The lowest BCUT2D eigenvalue weighted by Crippen LogP contribution is -2.33. The van der Waals surface area contributed by atoms with Gasteiger partial charge in [-0.1, -0.05) is 11.6 Å². The zero-order chi connectivity index (χ0) is 12.6. The van der Waals surface area contributed by atoms with Crippen LogP contribution in [0.3, 0.4) is 0 Å². The second-order valence-electron chi connectivity index (χ2n) is 3.95. The van der Waals surface area contributed by atoms with Gasteiger partial charge in [-0.15, -0.1) is 0 Å². The van der Waals surface area contributed by atoms with Crippen LogP contribution in [0.25, 0.3) is 0 Å². The van der Waals surface area contributed by atoms with Gasteiger partial charge in [-0.05, 0) is 12.1 Å². The van der Waals surface area contributed by atoms with Gasteiger partial charge in [0.2, 0.25) is 5.91 Å². The molecule has 1 atom stereocenters. The molecule has 0 spiro atoms. The summed E-state index contributed by atoms with van der Waals surface area (Å²) >= 11 is 5.67. The summed E-state index contributed by atoms with van der Waals surface area (Å²) in [7, 11) is 0. The van der Waals surface area contributed by atoms with E-state index < -0.39 is 17.8 Å². The number of nitrogens with one attached hydrogen (secondary N) is 1. The van der Waals surface area contributed by atoms with Crippen molar-refractivity contribution in [3.05, 3.63) is 28.5 Å². The van der Waals surface area contributed by atoms with Gasteiger partial charge in [0.05, 0.1) is 5.69 Å². The van der Waals surface area contributed by atoms with Crippen LogP contribution < -0.4 is 11.1 Å². The molecule has 1 aliphatic heterocycles. The second kappa shape index (κ2) is 4.33. The van der Waals surface area contributed by atoms with E-state index in [0.29, 0.717) is 0 Å². The molecule has 1 aromatic rings. The highest BCUT2D eigenvalue weighted by Gasteiger charge is 2.28. The van der Waals surface area contributed by atoms with Crippen molar-refractivity contribution >= 4 is 29.0 Å². The number of ketones is 1. The third-order valence-electron chi connectivity index (χ3n) is 2.58. The first-order valence-corrected chi connectivity index (χ1v) is 5.42. The van der Waals surface area contributed by atoms with Crippen LogP contribution in [0.15, 0.2) is 12.1 Å². The van der Waals surface area contributed by atoms with Crippen LogP contribution in [0.5, 0.6) is 0 Å². The molecule has 1 aliphatic rings. The summed E-state index contributed by atoms with van der Waals surface area (Å²) in [6.07, 6.45) is 0.100. The molecule has 90 valence electrons. The molecule has 1 heterocycles. The number of benzene rings is 1. The molecule has 4 nitrogen and oxygen atoms in total. The summed E-state index contributed by atoms with van der Waals surface area (Å²) in [5.41, 5.74) is 5.36. The number of carbonyl (C=O) groups is 2. The van der Waals surface area contributed by atoms with Crippen molar-refractivity contribution in [3.8, 4) is 0 Å². The van der Waals surface area contributed by atoms with Gasteiger partial charge in [-0.2, -0.15) is 0 Å². The van der Waals surface area contributed by atoms with Gasteiger partial charge < -0.3 is 11.1 Å². The van der Waals surface area contributed by atoms with Crippen LogP contribution in [-0.2, 0) is 4.79 Å². The summed E-state index contributed by atoms with van der Waals surface area (Å²) in [5.74, 6) is -1.38. The first-order chi connectivity index (χ1) is 7.97. The molecule has 0 saturated heterocycles. The SMILES string of the molecule is NC(=O)CC1CC(=O)c2cc(Cl)cc(F)c2N1. The Morgan fingerprint density at radius 3 is 2.94 bits per heavy atom. The molecule has 1 unspecified atom stereocenters. The highest BCUT2D eigenvalue weighted by Crippen LogP contribution is 2.31. The van der Waals surface area contributed by atoms with Gasteiger partial charge in [-0.25, -0.2) is 4.39 Å². The van der Waals surface area contributed by atoms with Gasteiger partial charge in [-0.3, -0.25) is 9.59 Å². The standard InChI is InChI=1S/C11H10ClFN2O2/c12-5-1-7-9(16)3-6(4-10(14)17)15-11(7)8(13)2-5/h1-2,6,15H,3-4H2,(H2,14,17). The summed E-state index contributed by atoms with van der Waals surface area (Å²) in [6, 6.07) is 2.08. The summed E-state index contributed by atoms with van der Waals surface area (Å²) in [4.78, 5) is 22.5. The second-order valence-corrected chi connectivity index (χ2v) is 4.39. The Morgan fingerprint density at radius 2 is 2.29 bits per heavy atom. The number of rotatable bonds is 2. The molecule has 0 aliphatic carbocycles. The Morgan fingerprint density at radius 1 is 1.59 bits per heavy atom. The number of nitrogens with two attached hydrogens (primary N) is 1. The van der Waals surface area contributed by atoms with Crippen LogP contribution in [0.4, 0.5) is 10.1 Å². The van der Waals surface area contributed by atoms with E-state index in [1.807, 2.05) is 0 Å². The fourth-order valence-electron chi connectivity index (χ4n) is 1.90. The van der Waals surface area contributed by atoms with Crippen LogP contribution in [-0.4, -0.2) is 17.7 Å². The van der Waals surface area contributed by atoms with Gasteiger partial charge in [0, 0.05) is 29.5 Å². The number of Topliss-reactive ketones (excluding diaryl/α,β-unsaturated/α-hetero) is 1. The quantitative estimate of drug-likeness (QED) is 0.846. The Labute approximate surface area is 102 Å². The molecule has 2 rings (SSSR count). The number of primary amides is 1. The Balaban J connectivity index is 2.36. The average Bonchev–Trinajstić information content (AvgIpc) is 2.19. The molecule has 17 heavy (non-hydrogen) atoms. The minimum atomic E-state index is -0.602. The Hall–Kier alpha value is -1.62. The predicted molar refractivity (Wildman–Crippen MR) is 61.6 cm³/mol. The third kappa shape index (κ3) is 2.39. The number of halogens is 2. The highest BCUT2D eigenvalue weighted by atomic mass is 35.5. The molecule has 3 N–H and O–H groups in total. The zero-order valence-electron chi connectivity index (χ0n) is 8.80. The Bertz CT molecular complexity index is 504. The topological polar surface area (TPSA) is 72.2 Å². The molecular formula is C11H10ClFN2O2. The van der Waals surface area contributed by atoms with Crippen molar-refractivity contribution in [3.63, 3.8) is 0 Å². The largest absolute Gasteiger partial charge is 0.378 e. The van der Waals surface area contributed by atoms with E-state index in [9.17, 15) is 14.0 Å². The average molecular weight is 257 g/mol. The van der Waals surface area contributed by atoms with Gasteiger partial charge >= 0.3 is 0 Å². The maximum atomic E-state index is 13.6. The van der Waals surface area contributed by atoms with E-state index in [1.165, 1.54) is 6.07 Å². The molecule has 0 fully saturated rings. The van der Waals surface area contributed by atoms with E-state index in [1.54, 1.807) is 0 Å². The van der Waals surface area contributed by atoms with E-state index in [-0.39, 0.29) is 34.9 Å². The fourth-order valence-corrected chi connectivity index (χ4v) is 2.10. The number of amides is 1. The van der Waals surface area contributed by atoms with Crippen molar-refractivity contribution in [1.82, 2.24) is 0 Å². The maximum absolute atomic E-state index is 13.6. The number of carbonyl (C=O) groups excluding carboxylic acids is 2. The van der Waals surface area contributed by atoms with Crippen LogP contribution in [0.2, 0.25) is 5.02 Å². The van der Waals surface area contributed by atoms with Gasteiger partial charge in [0.25, 0.3) is 0 Å². The molecule has 0 saturated carbocycles. The smallest absolute Gasteiger partial charge is 0.219 e. The van der Waals surface area contributed by atoms with E-state index in [4.69, 9.17) is 17.3 Å². The first kappa shape index (κ1) is 11.9. The van der Waals surface area contributed by atoms with E-state index in [0.717, 1.165) is 6.07 Å². The third-order valence-corrected chi connectivity index (χ3v) is 2.80. The van der Waals surface area contributed by atoms with Gasteiger partial charge in [0.1, 0.15) is 5.82 Å². The van der Waals surface area contributed by atoms with Crippen molar-refractivity contribution in [2.75, 3.05) is 5.32 Å². The number of anilines is 1.